The summed E-state index contributed by atoms with van der Waals surface area (Å²) in [7, 11) is 1.35. The van der Waals surface area contributed by atoms with Crippen molar-refractivity contribution in [1.82, 2.24) is 4.98 Å². The first-order chi connectivity index (χ1) is 11.2. The van der Waals surface area contributed by atoms with Crippen molar-refractivity contribution in [2.45, 2.75) is 6.42 Å². The summed E-state index contributed by atoms with van der Waals surface area (Å²) in [6, 6.07) is 10.8. The molecule has 1 aromatic carbocycles. The van der Waals surface area contributed by atoms with E-state index in [0.717, 1.165) is 23.4 Å². The zero-order valence-electron chi connectivity index (χ0n) is 12.7. The van der Waals surface area contributed by atoms with Crippen molar-refractivity contribution in [3.8, 4) is 0 Å². The Morgan fingerprint density at radius 3 is 2.87 bits per heavy atom. The molecule has 23 heavy (non-hydrogen) atoms. The van der Waals surface area contributed by atoms with Crippen LogP contribution in [0.4, 0.5) is 5.69 Å². The highest BCUT2D eigenvalue weighted by atomic mass is 16.5. The number of fused-ring (bicyclic) bond motifs is 1. The van der Waals surface area contributed by atoms with Gasteiger partial charge in [0.15, 0.2) is 0 Å². The highest BCUT2D eigenvalue weighted by Crippen LogP contribution is 2.29. The molecule has 5 heteroatoms. The molecule has 1 aliphatic rings. The first kappa shape index (κ1) is 15.0. The van der Waals surface area contributed by atoms with Gasteiger partial charge in [0.05, 0.1) is 18.4 Å². The maximum atomic E-state index is 12.4. The minimum Gasteiger partial charge on any atom is -0.465 e. The van der Waals surface area contributed by atoms with E-state index < -0.39 is 0 Å². The van der Waals surface area contributed by atoms with E-state index in [1.807, 2.05) is 18.2 Å². The van der Waals surface area contributed by atoms with E-state index in [1.54, 1.807) is 35.4 Å². The molecule has 2 aromatic rings. The van der Waals surface area contributed by atoms with E-state index in [9.17, 15) is 9.59 Å². The van der Waals surface area contributed by atoms with Crippen molar-refractivity contribution >= 4 is 23.6 Å². The highest BCUT2D eigenvalue weighted by Gasteiger charge is 2.24. The number of hydrogen-bond donors (Lipinski definition) is 0. The van der Waals surface area contributed by atoms with Crippen LogP contribution in [-0.4, -0.2) is 30.5 Å². The van der Waals surface area contributed by atoms with Crippen LogP contribution in [0.1, 0.15) is 21.6 Å². The number of amides is 1. The van der Waals surface area contributed by atoms with Crippen molar-refractivity contribution in [2.24, 2.45) is 0 Å². The van der Waals surface area contributed by atoms with Crippen LogP contribution >= 0.6 is 0 Å². The average Bonchev–Trinajstić information content (AvgIpc) is 3.03. The molecular formula is C18H16N2O3. The Morgan fingerprint density at radius 2 is 2.13 bits per heavy atom. The number of benzene rings is 1. The molecule has 1 amide bonds. The maximum absolute atomic E-state index is 12.4. The van der Waals surface area contributed by atoms with Gasteiger partial charge in [-0.3, -0.25) is 9.78 Å². The molecule has 3 rings (SSSR count). The van der Waals surface area contributed by atoms with Gasteiger partial charge in [0, 0.05) is 24.5 Å². The van der Waals surface area contributed by atoms with Gasteiger partial charge in [0.1, 0.15) is 0 Å². The Kier molecular flexibility index (Phi) is 4.19. The van der Waals surface area contributed by atoms with Crippen molar-refractivity contribution in [3.05, 3.63) is 65.5 Å². The Bertz CT molecular complexity index is 769. The summed E-state index contributed by atoms with van der Waals surface area (Å²) < 4.78 is 4.72. The summed E-state index contributed by atoms with van der Waals surface area (Å²) in [5, 5.41) is 0. The molecule has 0 bridgehead atoms. The van der Waals surface area contributed by atoms with Crippen LogP contribution in [0.3, 0.4) is 0 Å². The molecule has 5 nitrogen and oxygen atoms in total. The van der Waals surface area contributed by atoms with Gasteiger partial charge in [-0.25, -0.2) is 4.79 Å². The highest BCUT2D eigenvalue weighted by molar-refractivity contribution is 6.05. The van der Waals surface area contributed by atoms with E-state index in [-0.39, 0.29) is 11.9 Å². The molecule has 0 radical (unpaired) electrons. The fraction of sp³-hybridized carbons (Fsp3) is 0.167. The second-order valence-electron chi connectivity index (χ2n) is 5.16. The summed E-state index contributed by atoms with van der Waals surface area (Å²) in [6.45, 7) is 0.603. The van der Waals surface area contributed by atoms with Gasteiger partial charge in [-0.05, 0) is 48.4 Å². The molecule has 0 unspecified atom stereocenters. The minimum absolute atomic E-state index is 0.0970. The number of methoxy groups -OCH3 is 1. The third-order valence-corrected chi connectivity index (χ3v) is 3.75. The number of pyridine rings is 1. The minimum atomic E-state index is -0.368. The second-order valence-corrected chi connectivity index (χ2v) is 5.16. The first-order valence-corrected chi connectivity index (χ1v) is 7.31. The van der Waals surface area contributed by atoms with Gasteiger partial charge < -0.3 is 9.64 Å². The standard InChI is InChI=1S/C18H16N2O3/c1-23-18(22)14-5-7-16-13(12-14)9-11-20(16)17(21)8-6-15-4-2-3-10-19-15/h2-8,10,12H,9,11H2,1H3. The van der Waals surface area contributed by atoms with Crippen LogP contribution in [0.2, 0.25) is 0 Å². The Morgan fingerprint density at radius 1 is 1.26 bits per heavy atom. The van der Waals surface area contributed by atoms with Gasteiger partial charge in [-0.1, -0.05) is 6.07 Å². The number of aromatic nitrogens is 1. The molecule has 0 spiro atoms. The largest absolute Gasteiger partial charge is 0.465 e. The van der Waals surface area contributed by atoms with E-state index in [2.05, 4.69) is 4.98 Å². The van der Waals surface area contributed by atoms with Crippen molar-refractivity contribution in [2.75, 3.05) is 18.6 Å². The molecule has 1 aliphatic heterocycles. The second kappa shape index (κ2) is 6.44. The van der Waals surface area contributed by atoms with Crippen molar-refractivity contribution in [3.63, 3.8) is 0 Å². The topological polar surface area (TPSA) is 59.5 Å². The van der Waals surface area contributed by atoms with Gasteiger partial charge in [0.2, 0.25) is 0 Å². The quantitative estimate of drug-likeness (QED) is 0.645. The van der Waals surface area contributed by atoms with E-state index in [1.165, 1.54) is 13.2 Å². The predicted octanol–water partition coefficient (Wildman–Crippen LogP) is 2.47. The van der Waals surface area contributed by atoms with Crippen LogP contribution in [0, 0.1) is 0 Å². The fourth-order valence-electron chi connectivity index (χ4n) is 2.60. The number of anilines is 1. The monoisotopic (exact) mass is 308 g/mol. The predicted molar refractivity (Wildman–Crippen MR) is 87.1 cm³/mol. The van der Waals surface area contributed by atoms with Gasteiger partial charge in [-0.15, -0.1) is 0 Å². The Labute approximate surface area is 134 Å². The van der Waals surface area contributed by atoms with Gasteiger partial charge in [0.25, 0.3) is 5.91 Å². The third-order valence-electron chi connectivity index (χ3n) is 3.75. The van der Waals surface area contributed by atoms with Crippen LogP contribution in [0.5, 0.6) is 0 Å². The number of rotatable bonds is 3. The number of esters is 1. The molecule has 0 aliphatic carbocycles. The molecule has 0 saturated carbocycles. The van der Waals surface area contributed by atoms with E-state index in [4.69, 9.17) is 4.74 Å². The summed E-state index contributed by atoms with van der Waals surface area (Å²) >= 11 is 0. The first-order valence-electron chi connectivity index (χ1n) is 7.31. The number of hydrogen-bond acceptors (Lipinski definition) is 4. The number of carbonyl (C=O) groups is 2. The normalized spacial score (nSPS) is 13.2. The summed E-state index contributed by atoms with van der Waals surface area (Å²) in [5.41, 5.74) is 3.06. The fourth-order valence-corrected chi connectivity index (χ4v) is 2.60. The molecule has 2 heterocycles. The lowest BCUT2D eigenvalue weighted by Crippen LogP contribution is -2.26. The lowest BCUT2D eigenvalue weighted by molar-refractivity contribution is -0.114. The maximum Gasteiger partial charge on any atom is 0.337 e. The summed E-state index contributed by atoms with van der Waals surface area (Å²) in [4.78, 5) is 29.8. The molecule has 0 atom stereocenters. The Hall–Kier alpha value is -2.95. The number of carbonyl (C=O) groups excluding carboxylic acids is 2. The van der Waals surface area contributed by atoms with Crippen LogP contribution in [-0.2, 0) is 16.0 Å². The molecule has 1 aromatic heterocycles. The van der Waals surface area contributed by atoms with E-state index >= 15 is 0 Å². The molecule has 0 fully saturated rings. The van der Waals surface area contributed by atoms with Crippen LogP contribution in [0.15, 0.2) is 48.7 Å². The van der Waals surface area contributed by atoms with Gasteiger partial charge in [-0.2, -0.15) is 0 Å². The van der Waals surface area contributed by atoms with Crippen molar-refractivity contribution < 1.29 is 14.3 Å². The molecule has 116 valence electrons. The molecule has 0 saturated heterocycles. The zero-order valence-corrected chi connectivity index (χ0v) is 12.7. The van der Waals surface area contributed by atoms with Crippen LogP contribution < -0.4 is 4.90 Å². The summed E-state index contributed by atoms with van der Waals surface area (Å²) in [6.07, 6.45) is 5.63. The number of ether oxygens (including phenoxy) is 1. The summed E-state index contributed by atoms with van der Waals surface area (Å²) in [5.74, 6) is -0.465. The number of nitrogens with zero attached hydrogens (tertiary/aromatic N) is 2. The SMILES string of the molecule is COC(=O)c1ccc2c(c1)CCN2C(=O)C=Cc1ccccn1. The Balaban J connectivity index is 1.78. The van der Waals surface area contributed by atoms with Crippen molar-refractivity contribution in [1.29, 1.82) is 0 Å². The molecular weight excluding hydrogens is 292 g/mol. The smallest absolute Gasteiger partial charge is 0.337 e. The average molecular weight is 308 g/mol. The van der Waals surface area contributed by atoms with E-state index in [0.29, 0.717) is 12.1 Å². The third kappa shape index (κ3) is 3.13. The lowest BCUT2D eigenvalue weighted by atomic mass is 10.1. The zero-order chi connectivity index (χ0) is 16.2. The molecule has 0 N–H and O–H groups in total. The van der Waals surface area contributed by atoms with Gasteiger partial charge >= 0.3 is 5.97 Å². The lowest BCUT2D eigenvalue weighted by Gasteiger charge is -2.15. The van der Waals surface area contributed by atoms with Crippen LogP contribution in [0.25, 0.3) is 6.08 Å².